The van der Waals surface area contributed by atoms with Gasteiger partial charge in [0, 0.05) is 22.8 Å². The van der Waals surface area contributed by atoms with E-state index in [-0.39, 0.29) is 16.3 Å². The van der Waals surface area contributed by atoms with Crippen LogP contribution in [0.2, 0.25) is 5.02 Å². The maximum atomic E-state index is 13.0. The molecule has 0 aliphatic carbocycles. The van der Waals surface area contributed by atoms with Gasteiger partial charge in [-0.1, -0.05) is 29.8 Å². The zero-order valence-electron chi connectivity index (χ0n) is 16.0. The summed E-state index contributed by atoms with van der Waals surface area (Å²) in [6, 6.07) is 10.7. The summed E-state index contributed by atoms with van der Waals surface area (Å²) in [7, 11) is 0. The van der Waals surface area contributed by atoms with Gasteiger partial charge in [-0.2, -0.15) is 13.2 Å². The fourth-order valence-corrected chi connectivity index (χ4v) is 4.40. The summed E-state index contributed by atoms with van der Waals surface area (Å²) >= 11 is 7.30. The Labute approximate surface area is 183 Å². The van der Waals surface area contributed by atoms with E-state index in [0.29, 0.717) is 15.6 Å². The molecule has 0 aliphatic heterocycles. The molecule has 1 atom stereocenters. The summed E-state index contributed by atoms with van der Waals surface area (Å²) in [4.78, 5) is 16.8. The van der Waals surface area contributed by atoms with Crippen LogP contribution in [0.4, 0.5) is 13.2 Å². The van der Waals surface area contributed by atoms with Crippen molar-refractivity contribution < 1.29 is 22.7 Å². The minimum absolute atomic E-state index is 0.130. The molecule has 10 heteroatoms. The van der Waals surface area contributed by atoms with Crippen LogP contribution < -0.4 is 10.5 Å². The maximum Gasteiger partial charge on any atom is 0.416 e. The Morgan fingerprint density at radius 1 is 1.26 bits per heavy atom. The number of primary amides is 1. The number of pyridine rings is 1. The van der Waals surface area contributed by atoms with Crippen molar-refractivity contribution >= 4 is 34.5 Å². The number of rotatable bonds is 5. The Bertz CT molecular complexity index is 1280. The van der Waals surface area contributed by atoms with Crippen molar-refractivity contribution in [1.29, 1.82) is 0 Å². The molecule has 4 rings (SSSR count). The largest absolute Gasteiger partial charge is 0.484 e. The Hall–Kier alpha value is -3.04. The summed E-state index contributed by atoms with van der Waals surface area (Å²) in [5, 5.41) is 0.522. The van der Waals surface area contributed by atoms with E-state index in [2.05, 4.69) is 4.98 Å². The van der Waals surface area contributed by atoms with Crippen molar-refractivity contribution in [2.75, 3.05) is 0 Å². The number of alkyl halides is 3. The van der Waals surface area contributed by atoms with Gasteiger partial charge in [-0.25, -0.2) is 4.98 Å². The molecular weight excluding hydrogens is 451 g/mol. The first-order valence-electron chi connectivity index (χ1n) is 9.04. The van der Waals surface area contributed by atoms with Gasteiger partial charge in [0.1, 0.15) is 22.4 Å². The molecule has 0 aliphatic rings. The van der Waals surface area contributed by atoms with Crippen LogP contribution in [-0.4, -0.2) is 15.3 Å². The van der Waals surface area contributed by atoms with Crippen molar-refractivity contribution in [3.05, 3.63) is 75.9 Å². The maximum absolute atomic E-state index is 13.0. The molecular formula is C21H15ClF3N3O2S. The molecule has 3 heterocycles. The molecule has 3 aromatic heterocycles. The van der Waals surface area contributed by atoms with E-state index in [1.165, 1.54) is 16.8 Å². The highest BCUT2D eigenvalue weighted by Gasteiger charge is 2.31. The number of benzene rings is 1. The number of fused-ring (bicyclic) bond motifs is 1. The molecule has 0 saturated carbocycles. The van der Waals surface area contributed by atoms with Gasteiger partial charge in [0.15, 0.2) is 0 Å². The number of aromatic nitrogens is 2. The average Bonchev–Trinajstić information content (AvgIpc) is 3.31. The van der Waals surface area contributed by atoms with Crippen molar-refractivity contribution in [3.8, 4) is 16.3 Å². The monoisotopic (exact) mass is 465 g/mol. The molecule has 0 fully saturated rings. The molecule has 1 unspecified atom stereocenters. The summed E-state index contributed by atoms with van der Waals surface area (Å²) in [6.07, 6.45) is -2.21. The Kier molecular flexibility index (Phi) is 5.40. The lowest BCUT2D eigenvalue weighted by atomic mass is 10.1. The highest BCUT2D eigenvalue weighted by Crippen LogP contribution is 2.39. The van der Waals surface area contributed by atoms with Crippen molar-refractivity contribution in [2.45, 2.75) is 19.2 Å². The molecule has 0 spiro atoms. The van der Waals surface area contributed by atoms with E-state index < -0.39 is 23.8 Å². The van der Waals surface area contributed by atoms with E-state index in [4.69, 9.17) is 22.1 Å². The quantitative estimate of drug-likeness (QED) is 0.394. The number of hydrogen-bond donors (Lipinski definition) is 1. The zero-order valence-corrected chi connectivity index (χ0v) is 17.6. The number of carbonyl (C=O) groups excluding carboxylic acids is 1. The second-order valence-corrected chi connectivity index (χ2v) is 8.19. The van der Waals surface area contributed by atoms with Gasteiger partial charge in [0.05, 0.1) is 22.3 Å². The molecule has 1 aromatic carbocycles. The zero-order chi connectivity index (χ0) is 22.3. The average molecular weight is 466 g/mol. The first-order valence-corrected chi connectivity index (χ1v) is 10.2. The predicted molar refractivity (Wildman–Crippen MR) is 113 cm³/mol. The number of amides is 1. The Morgan fingerprint density at radius 3 is 2.68 bits per heavy atom. The molecule has 0 bridgehead atoms. The van der Waals surface area contributed by atoms with Crippen LogP contribution in [0.5, 0.6) is 5.75 Å². The molecule has 0 saturated heterocycles. The van der Waals surface area contributed by atoms with Gasteiger partial charge in [0.25, 0.3) is 5.91 Å². The summed E-state index contributed by atoms with van der Waals surface area (Å²) in [6.45, 7) is 1.79. The van der Waals surface area contributed by atoms with E-state index in [1.807, 2.05) is 12.1 Å². The van der Waals surface area contributed by atoms with Crippen LogP contribution in [0.15, 0.2) is 54.9 Å². The van der Waals surface area contributed by atoms with Gasteiger partial charge in [-0.05, 0) is 25.1 Å². The van der Waals surface area contributed by atoms with Crippen LogP contribution in [-0.2, 0) is 6.18 Å². The number of thiophene rings is 1. The number of nitrogens with two attached hydrogens (primary N) is 1. The topological polar surface area (TPSA) is 69.6 Å². The molecule has 160 valence electrons. The molecule has 31 heavy (non-hydrogen) atoms. The SMILES string of the molecule is CC(Oc1cc(-c2cnc3cc(C(F)(F)F)ccn23)sc1C(N)=O)c1ccccc1Cl. The van der Waals surface area contributed by atoms with E-state index in [0.717, 1.165) is 29.0 Å². The van der Waals surface area contributed by atoms with Crippen LogP contribution >= 0.6 is 22.9 Å². The summed E-state index contributed by atoms with van der Waals surface area (Å²) in [5.41, 5.74) is 6.11. The Balaban J connectivity index is 1.72. The second kappa shape index (κ2) is 7.90. The molecule has 5 nitrogen and oxygen atoms in total. The Morgan fingerprint density at radius 2 is 2.00 bits per heavy atom. The van der Waals surface area contributed by atoms with Crippen LogP contribution in [0, 0.1) is 0 Å². The molecule has 0 radical (unpaired) electrons. The lowest BCUT2D eigenvalue weighted by molar-refractivity contribution is -0.137. The molecule has 1 amide bonds. The lowest BCUT2D eigenvalue weighted by Crippen LogP contribution is -2.12. The third-order valence-corrected chi connectivity index (χ3v) is 6.16. The van der Waals surface area contributed by atoms with Gasteiger partial charge >= 0.3 is 6.18 Å². The van der Waals surface area contributed by atoms with Gasteiger partial charge in [-0.15, -0.1) is 11.3 Å². The minimum atomic E-state index is -4.47. The van der Waals surface area contributed by atoms with E-state index in [9.17, 15) is 18.0 Å². The van der Waals surface area contributed by atoms with Crippen molar-refractivity contribution in [2.24, 2.45) is 5.73 Å². The van der Waals surface area contributed by atoms with Crippen LogP contribution in [0.1, 0.15) is 33.8 Å². The second-order valence-electron chi connectivity index (χ2n) is 6.73. The normalized spacial score (nSPS) is 12.8. The van der Waals surface area contributed by atoms with Gasteiger partial charge in [0.2, 0.25) is 0 Å². The number of hydrogen-bond acceptors (Lipinski definition) is 4. The molecule has 2 N–H and O–H groups in total. The standard InChI is InChI=1S/C21H15ClF3N3O2S/c1-11(13-4-2-3-5-14(13)22)30-16-9-17(31-19(16)20(26)29)15-10-27-18-8-12(21(23,24)25)6-7-28(15)18/h2-11H,1H3,(H2,26,29). The fourth-order valence-electron chi connectivity index (χ4n) is 3.16. The number of imidazole rings is 1. The first-order chi connectivity index (χ1) is 14.6. The first kappa shape index (κ1) is 21.2. The van der Waals surface area contributed by atoms with Gasteiger partial charge in [-0.3, -0.25) is 9.20 Å². The van der Waals surface area contributed by atoms with Crippen LogP contribution in [0.25, 0.3) is 16.2 Å². The smallest absolute Gasteiger partial charge is 0.416 e. The third-order valence-electron chi connectivity index (χ3n) is 4.66. The highest BCUT2D eigenvalue weighted by atomic mass is 35.5. The lowest BCUT2D eigenvalue weighted by Gasteiger charge is -2.16. The summed E-state index contributed by atoms with van der Waals surface area (Å²) in [5.74, 6) is -0.410. The van der Waals surface area contributed by atoms with Gasteiger partial charge < -0.3 is 10.5 Å². The number of ether oxygens (including phenoxy) is 1. The number of nitrogens with zero attached hydrogens (tertiary/aromatic N) is 2. The fraction of sp³-hybridized carbons (Fsp3) is 0.143. The highest BCUT2D eigenvalue weighted by molar-refractivity contribution is 7.17. The van der Waals surface area contributed by atoms with Crippen molar-refractivity contribution in [3.63, 3.8) is 0 Å². The van der Waals surface area contributed by atoms with Crippen molar-refractivity contribution in [1.82, 2.24) is 9.38 Å². The number of carbonyl (C=O) groups is 1. The molecule has 4 aromatic rings. The van der Waals surface area contributed by atoms with Crippen LogP contribution in [0.3, 0.4) is 0 Å². The minimum Gasteiger partial charge on any atom is -0.484 e. The van der Waals surface area contributed by atoms with E-state index in [1.54, 1.807) is 25.1 Å². The summed E-state index contributed by atoms with van der Waals surface area (Å²) < 4.78 is 46.4. The number of halogens is 4. The third kappa shape index (κ3) is 4.11. The predicted octanol–water partition coefficient (Wildman–Crippen LogP) is 5.97. The van der Waals surface area contributed by atoms with E-state index >= 15 is 0 Å².